The van der Waals surface area contributed by atoms with Crippen LogP contribution in [0.4, 0.5) is 0 Å². The molecule has 0 saturated carbocycles. The summed E-state index contributed by atoms with van der Waals surface area (Å²) in [6.07, 6.45) is 0.505. The smallest absolute Gasteiger partial charge is 0.287 e. The molecule has 0 N–H and O–H groups in total. The molecule has 6 heteroatoms. The normalized spacial score (nSPS) is 10.8. The van der Waals surface area contributed by atoms with Crippen molar-refractivity contribution in [3.63, 3.8) is 0 Å². The van der Waals surface area contributed by atoms with E-state index in [2.05, 4.69) is 23.6 Å². The van der Waals surface area contributed by atoms with Crippen molar-refractivity contribution in [2.24, 2.45) is 0 Å². The summed E-state index contributed by atoms with van der Waals surface area (Å²) in [6, 6.07) is 14.7. The molecule has 0 heterocycles. The Morgan fingerprint density at radius 2 is 1.04 bits per heavy atom. The van der Waals surface area contributed by atoms with Crippen molar-refractivity contribution in [3.05, 3.63) is 59.7 Å². The third-order valence-corrected chi connectivity index (χ3v) is 4.19. The van der Waals surface area contributed by atoms with Gasteiger partial charge in [0.15, 0.2) is 11.5 Å². The van der Waals surface area contributed by atoms with Crippen molar-refractivity contribution < 1.29 is 29.1 Å². The van der Waals surface area contributed by atoms with Gasteiger partial charge in [-0.05, 0) is 35.4 Å². The Labute approximate surface area is 158 Å². The molecule has 0 aliphatic heterocycles. The van der Waals surface area contributed by atoms with Crippen molar-refractivity contribution in [2.75, 3.05) is 0 Å². The quantitative estimate of drug-likeness (QED) is 0.502. The van der Waals surface area contributed by atoms with Gasteiger partial charge in [0.25, 0.3) is 0 Å². The molecule has 0 amide bonds. The highest BCUT2D eigenvalue weighted by Gasteiger charge is 2.23. The summed E-state index contributed by atoms with van der Waals surface area (Å²) in [6.45, 7) is 7.57. The lowest BCUT2D eigenvalue weighted by Gasteiger charge is -2.26. The highest BCUT2D eigenvalue weighted by Crippen LogP contribution is 2.33. The number of carbonyl (C=O) groups is 2. The molecule has 0 fully saturated rings. The molecule has 0 atom stereocenters. The molecular formula is C21H24O6. The zero-order chi connectivity index (χ0) is 19.9. The Hall–Kier alpha value is -3.02. The highest BCUT2D eigenvalue weighted by molar-refractivity contribution is 5.68. The van der Waals surface area contributed by atoms with E-state index in [1.807, 2.05) is 24.3 Å². The van der Waals surface area contributed by atoms with Crippen LogP contribution in [0.25, 0.3) is 0 Å². The van der Waals surface area contributed by atoms with Crippen molar-refractivity contribution in [2.45, 2.75) is 46.0 Å². The van der Waals surface area contributed by atoms with Crippen LogP contribution in [0.3, 0.4) is 0 Å². The van der Waals surface area contributed by atoms with E-state index in [0.29, 0.717) is 11.5 Å². The van der Waals surface area contributed by atoms with Gasteiger partial charge in [0, 0.05) is 18.3 Å². The maximum atomic E-state index is 11.1. The first kappa shape index (κ1) is 20.3. The maximum Gasteiger partial charge on any atom is 0.355 e. The summed E-state index contributed by atoms with van der Waals surface area (Å²) >= 11 is 0. The lowest BCUT2D eigenvalue weighted by atomic mass is 9.78. The van der Waals surface area contributed by atoms with Gasteiger partial charge in [0.2, 0.25) is 0 Å². The fourth-order valence-corrected chi connectivity index (χ4v) is 2.33. The van der Waals surface area contributed by atoms with E-state index in [1.165, 1.54) is 0 Å². The molecule has 2 rings (SSSR count). The molecule has 144 valence electrons. The Kier molecular flexibility index (Phi) is 6.82. The van der Waals surface area contributed by atoms with Gasteiger partial charge in [-0.25, -0.2) is 9.59 Å². The zero-order valence-corrected chi connectivity index (χ0v) is 16.0. The fraction of sp³-hybridized carbons (Fsp3) is 0.333. The molecule has 2 aromatic rings. The van der Waals surface area contributed by atoms with Crippen molar-refractivity contribution in [3.8, 4) is 11.5 Å². The molecule has 0 aliphatic carbocycles. The van der Waals surface area contributed by atoms with Crippen LogP contribution in [0.15, 0.2) is 48.5 Å². The van der Waals surface area contributed by atoms with Crippen molar-refractivity contribution >= 4 is 11.9 Å². The molecule has 0 saturated heterocycles. The molecule has 0 aliphatic rings. The lowest BCUT2D eigenvalue weighted by Crippen LogP contribution is -2.18. The topological polar surface area (TPSA) is 71.1 Å². The minimum absolute atomic E-state index is 0.252. The molecule has 0 spiro atoms. The number of hydrogen-bond acceptors (Lipinski definition) is 6. The Morgan fingerprint density at radius 3 is 1.33 bits per heavy atom. The Bertz CT molecular complexity index is 697. The van der Waals surface area contributed by atoms with Crippen LogP contribution < -0.4 is 9.78 Å². The molecule has 27 heavy (non-hydrogen) atoms. The molecule has 0 unspecified atom stereocenters. The van der Waals surface area contributed by atoms with E-state index >= 15 is 0 Å². The first-order valence-electron chi connectivity index (χ1n) is 8.82. The zero-order valence-electron chi connectivity index (χ0n) is 16.0. The fourth-order valence-electron chi connectivity index (χ4n) is 2.33. The van der Waals surface area contributed by atoms with Gasteiger partial charge in [-0.3, -0.25) is 19.6 Å². The second kappa shape index (κ2) is 9.07. The van der Waals surface area contributed by atoms with E-state index in [4.69, 9.17) is 9.78 Å². The van der Waals surface area contributed by atoms with E-state index in [-0.39, 0.29) is 18.3 Å². The lowest BCUT2D eigenvalue weighted by molar-refractivity contribution is -0.213. The third kappa shape index (κ3) is 5.48. The third-order valence-electron chi connectivity index (χ3n) is 4.19. The van der Waals surface area contributed by atoms with E-state index in [9.17, 15) is 9.59 Å². The Morgan fingerprint density at radius 1 is 0.704 bits per heavy atom. The first-order chi connectivity index (χ1) is 12.9. The summed E-state index contributed by atoms with van der Waals surface area (Å²) in [5, 5.41) is 0. The predicted octanol–water partition coefficient (Wildman–Crippen LogP) is 4.51. The molecule has 0 bridgehead atoms. The molecule has 6 nitrogen and oxygen atoms in total. The van der Waals surface area contributed by atoms with E-state index < -0.39 is 11.9 Å². The summed E-state index contributed by atoms with van der Waals surface area (Å²) in [4.78, 5) is 41.6. The highest BCUT2D eigenvalue weighted by atomic mass is 17.2. The van der Waals surface area contributed by atoms with E-state index in [1.54, 1.807) is 38.1 Å². The van der Waals surface area contributed by atoms with Crippen LogP contribution in [-0.2, 0) is 24.8 Å². The van der Waals surface area contributed by atoms with Gasteiger partial charge < -0.3 is 0 Å². The van der Waals surface area contributed by atoms with Gasteiger partial charge >= 0.3 is 11.9 Å². The van der Waals surface area contributed by atoms with Gasteiger partial charge in [-0.15, -0.1) is 0 Å². The van der Waals surface area contributed by atoms with Gasteiger partial charge in [-0.2, -0.15) is 0 Å². The molecule has 0 radical (unpaired) electrons. The molecule has 2 aromatic carbocycles. The van der Waals surface area contributed by atoms with Gasteiger partial charge in [0.05, 0.1) is 0 Å². The van der Waals surface area contributed by atoms with Crippen LogP contribution in [0.5, 0.6) is 11.5 Å². The van der Waals surface area contributed by atoms with Gasteiger partial charge in [-0.1, -0.05) is 52.0 Å². The van der Waals surface area contributed by atoms with E-state index in [0.717, 1.165) is 11.1 Å². The predicted molar refractivity (Wildman–Crippen MR) is 99.0 cm³/mol. The molecule has 0 aromatic heterocycles. The summed E-state index contributed by atoms with van der Waals surface area (Å²) < 4.78 is 0. The number of benzene rings is 2. The van der Waals surface area contributed by atoms with Gasteiger partial charge in [0.1, 0.15) is 0 Å². The first-order valence-corrected chi connectivity index (χ1v) is 8.82. The molecular weight excluding hydrogens is 348 g/mol. The number of hydrogen-bond donors (Lipinski definition) is 0. The Balaban J connectivity index is 2.06. The largest absolute Gasteiger partial charge is 0.355 e. The van der Waals surface area contributed by atoms with Crippen LogP contribution >= 0.6 is 0 Å². The number of rotatable bonds is 8. The summed E-state index contributed by atoms with van der Waals surface area (Å²) in [7, 11) is 0. The monoisotopic (exact) mass is 372 g/mol. The van der Waals surface area contributed by atoms with Crippen molar-refractivity contribution in [1.29, 1.82) is 0 Å². The maximum absolute atomic E-state index is 11.1. The average molecular weight is 372 g/mol. The average Bonchev–Trinajstić information content (AvgIpc) is 2.70. The summed E-state index contributed by atoms with van der Waals surface area (Å²) in [5.41, 5.74) is 1.84. The standard InChI is InChI=1S/C21H24O6/c1-5-19(22)26-24-17-11-7-15(8-12-17)21(3,4)16-9-13-18(14-10-16)25-27-20(23)6-2/h7-14H,5-6H2,1-4H3. The summed E-state index contributed by atoms with van der Waals surface area (Å²) in [5.74, 6) is 0.0633. The van der Waals surface area contributed by atoms with Crippen LogP contribution in [-0.4, -0.2) is 11.9 Å². The minimum atomic E-state index is -0.425. The van der Waals surface area contributed by atoms with Crippen molar-refractivity contribution in [1.82, 2.24) is 0 Å². The number of carbonyl (C=O) groups excluding carboxylic acids is 2. The van der Waals surface area contributed by atoms with Crippen LogP contribution in [0.1, 0.15) is 51.7 Å². The second-order valence-corrected chi connectivity index (χ2v) is 6.46. The van der Waals surface area contributed by atoms with Crippen LogP contribution in [0.2, 0.25) is 0 Å². The van der Waals surface area contributed by atoms with Crippen LogP contribution in [0, 0.1) is 0 Å². The second-order valence-electron chi connectivity index (χ2n) is 6.46. The minimum Gasteiger partial charge on any atom is -0.287 e. The SMILES string of the molecule is CCC(=O)OOc1ccc(C(C)(C)c2ccc(OOC(=O)CC)cc2)cc1.